The van der Waals surface area contributed by atoms with Crippen LogP contribution in [0, 0.1) is 17.1 Å². The van der Waals surface area contributed by atoms with Gasteiger partial charge in [-0.2, -0.15) is 5.26 Å². The van der Waals surface area contributed by atoms with Crippen molar-refractivity contribution in [3.8, 4) is 6.07 Å². The fourth-order valence-electron chi connectivity index (χ4n) is 5.25. The van der Waals surface area contributed by atoms with E-state index in [2.05, 4.69) is 21.6 Å². The van der Waals surface area contributed by atoms with Crippen molar-refractivity contribution in [3.05, 3.63) is 88.1 Å². The third kappa shape index (κ3) is 3.48. The van der Waals surface area contributed by atoms with Gasteiger partial charge in [0, 0.05) is 34.7 Å². The average Bonchev–Trinajstić information content (AvgIpc) is 3.47. The van der Waals surface area contributed by atoms with Crippen LogP contribution >= 0.6 is 23.1 Å². The van der Waals surface area contributed by atoms with E-state index >= 15 is 0 Å². The van der Waals surface area contributed by atoms with Gasteiger partial charge in [0.1, 0.15) is 23.1 Å². The Morgan fingerprint density at radius 2 is 2.00 bits per heavy atom. The fourth-order valence-corrected chi connectivity index (χ4v) is 7.09. The van der Waals surface area contributed by atoms with Crippen molar-refractivity contribution in [3.63, 3.8) is 0 Å². The van der Waals surface area contributed by atoms with E-state index in [9.17, 15) is 19.2 Å². The predicted molar refractivity (Wildman–Crippen MR) is 138 cm³/mol. The van der Waals surface area contributed by atoms with E-state index in [-0.39, 0.29) is 34.7 Å². The van der Waals surface area contributed by atoms with Crippen LogP contribution < -0.4 is 16.0 Å². The van der Waals surface area contributed by atoms with Gasteiger partial charge in [0.2, 0.25) is 11.0 Å². The van der Waals surface area contributed by atoms with Gasteiger partial charge in [-0.3, -0.25) is 14.5 Å². The number of carbonyl (C=O) groups excluding carboxylic acids is 2. The van der Waals surface area contributed by atoms with E-state index in [4.69, 9.17) is 5.73 Å². The second-order valence-electron chi connectivity index (χ2n) is 8.82. The summed E-state index contributed by atoms with van der Waals surface area (Å²) in [6.07, 6.45) is 1.19. The molecule has 1 amide bonds. The zero-order valence-corrected chi connectivity index (χ0v) is 21.0. The molecule has 0 fully saturated rings. The first-order valence-corrected chi connectivity index (χ1v) is 13.3. The number of hydrogen-bond donors (Lipinski definition) is 2. The van der Waals surface area contributed by atoms with Crippen molar-refractivity contribution in [2.75, 3.05) is 10.2 Å². The summed E-state index contributed by atoms with van der Waals surface area (Å²) in [4.78, 5) is 28.6. The number of benzene rings is 2. The number of allylic oxidation sites excluding steroid dienone is 1. The molecule has 0 radical (unpaired) electrons. The van der Waals surface area contributed by atoms with Crippen LogP contribution in [-0.2, 0) is 20.8 Å². The summed E-state index contributed by atoms with van der Waals surface area (Å²) >= 11 is 2.80. The highest BCUT2D eigenvalue weighted by atomic mass is 32.2. The van der Waals surface area contributed by atoms with Gasteiger partial charge in [-0.15, -0.1) is 10.2 Å². The van der Waals surface area contributed by atoms with Crippen LogP contribution in [0.5, 0.6) is 0 Å². The number of fused-ring (bicyclic) bond motifs is 3. The van der Waals surface area contributed by atoms with Crippen LogP contribution in [0.4, 0.5) is 15.2 Å². The molecule has 11 heteroatoms. The Balaban J connectivity index is 1.49. The minimum absolute atomic E-state index is 0.0148. The molecule has 1 aliphatic carbocycles. The Kier molecular flexibility index (Phi) is 5.58. The van der Waals surface area contributed by atoms with Gasteiger partial charge in [0.05, 0.1) is 5.57 Å². The molecule has 2 aliphatic heterocycles. The van der Waals surface area contributed by atoms with E-state index in [0.717, 1.165) is 5.56 Å². The molecule has 0 bridgehead atoms. The lowest BCUT2D eigenvalue weighted by Crippen LogP contribution is -2.50. The van der Waals surface area contributed by atoms with Crippen molar-refractivity contribution in [2.24, 2.45) is 5.73 Å². The maximum atomic E-state index is 14.4. The van der Waals surface area contributed by atoms with Gasteiger partial charge in [0.15, 0.2) is 10.1 Å². The molecule has 3 aromatic rings. The van der Waals surface area contributed by atoms with Crippen molar-refractivity contribution >= 4 is 45.6 Å². The first kappa shape index (κ1) is 23.4. The van der Waals surface area contributed by atoms with Crippen molar-refractivity contribution in [1.29, 1.82) is 5.26 Å². The van der Waals surface area contributed by atoms with Gasteiger partial charge >= 0.3 is 0 Å². The van der Waals surface area contributed by atoms with E-state index in [1.807, 2.05) is 30.3 Å². The van der Waals surface area contributed by atoms with Crippen LogP contribution in [0.1, 0.15) is 30.4 Å². The summed E-state index contributed by atoms with van der Waals surface area (Å²) in [5, 5.41) is 22.0. The number of carbonyl (C=O) groups is 2. The molecule has 3 heterocycles. The normalized spacial score (nSPS) is 20.7. The van der Waals surface area contributed by atoms with Crippen molar-refractivity contribution in [1.82, 2.24) is 10.2 Å². The first-order valence-electron chi connectivity index (χ1n) is 11.5. The SMILES string of the molecule is N#CC1=C(N)N(c2nnc(SCc3ccccc3)s2)C2=C(C(=O)CCC2)[C@]12C(=O)Nc1ccc(F)cc12. The number of thioether (sulfide) groups is 1. The molecule has 0 saturated carbocycles. The molecule has 184 valence electrons. The third-order valence-corrected chi connectivity index (χ3v) is 8.89. The van der Waals surface area contributed by atoms with E-state index < -0.39 is 17.1 Å². The highest BCUT2D eigenvalue weighted by molar-refractivity contribution is 8.00. The van der Waals surface area contributed by atoms with E-state index in [0.29, 0.717) is 39.5 Å². The highest BCUT2D eigenvalue weighted by Crippen LogP contribution is 2.55. The van der Waals surface area contributed by atoms with Gasteiger partial charge in [0.25, 0.3) is 0 Å². The number of nitrogens with one attached hydrogen (secondary N) is 1. The lowest BCUT2D eigenvalue weighted by atomic mass is 9.64. The number of aromatic nitrogens is 2. The maximum absolute atomic E-state index is 14.4. The van der Waals surface area contributed by atoms with E-state index in [1.165, 1.54) is 41.3 Å². The summed E-state index contributed by atoms with van der Waals surface area (Å²) in [6, 6.07) is 15.9. The number of rotatable bonds is 4. The number of anilines is 2. The lowest BCUT2D eigenvalue weighted by Gasteiger charge is -2.42. The molecule has 37 heavy (non-hydrogen) atoms. The van der Waals surface area contributed by atoms with E-state index in [1.54, 1.807) is 4.90 Å². The zero-order valence-electron chi connectivity index (χ0n) is 19.3. The maximum Gasteiger partial charge on any atom is 0.245 e. The Morgan fingerprint density at radius 1 is 1.19 bits per heavy atom. The molecule has 1 aromatic heterocycles. The predicted octanol–water partition coefficient (Wildman–Crippen LogP) is 4.38. The minimum atomic E-state index is -1.81. The monoisotopic (exact) mass is 530 g/mol. The molecule has 8 nitrogen and oxygen atoms in total. The molecule has 0 unspecified atom stereocenters. The molecule has 1 spiro atoms. The number of nitrogens with two attached hydrogens (primary N) is 1. The van der Waals surface area contributed by atoms with Crippen molar-refractivity contribution < 1.29 is 14.0 Å². The quantitative estimate of drug-likeness (QED) is 0.476. The second-order valence-corrected chi connectivity index (χ2v) is 11.0. The Morgan fingerprint density at radius 3 is 2.78 bits per heavy atom. The van der Waals surface area contributed by atoms with Gasteiger partial charge < -0.3 is 11.1 Å². The molecular formula is C26H19FN6O2S2. The number of ketones is 1. The van der Waals surface area contributed by atoms with Crippen molar-refractivity contribution in [2.45, 2.75) is 34.8 Å². The van der Waals surface area contributed by atoms with Crippen LogP contribution in [0.25, 0.3) is 0 Å². The molecule has 2 aromatic carbocycles. The molecule has 0 saturated heterocycles. The number of Topliss-reactive ketones (excluding diaryl/α,β-unsaturated/α-hetero) is 1. The Hall–Kier alpha value is -4.01. The number of nitrogens with zero attached hydrogens (tertiary/aromatic N) is 4. The first-order chi connectivity index (χ1) is 17.9. The van der Waals surface area contributed by atoms with Gasteiger partial charge in [-0.05, 0) is 36.6 Å². The number of amides is 1. The zero-order chi connectivity index (χ0) is 25.7. The summed E-state index contributed by atoms with van der Waals surface area (Å²) in [6.45, 7) is 0. The molecule has 1 atom stereocenters. The minimum Gasteiger partial charge on any atom is -0.384 e. The summed E-state index contributed by atoms with van der Waals surface area (Å²) < 4.78 is 15.1. The van der Waals surface area contributed by atoms with Gasteiger partial charge in [-0.1, -0.05) is 53.4 Å². The standard InChI is InChI=1S/C26H19FN6O2S2/c27-15-9-10-18-16(11-15)26(23(35)30-18)17(12-28)22(29)33(19-7-4-8-20(34)21(19)26)24-31-32-25(37-24)36-13-14-5-2-1-3-6-14/h1-3,5-6,9-11H,4,7-8,13,29H2,(H,30,35)/t26-/m1/s1. The highest BCUT2D eigenvalue weighted by Gasteiger charge is 2.60. The lowest BCUT2D eigenvalue weighted by molar-refractivity contribution is -0.122. The fraction of sp³-hybridized carbons (Fsp3) is 0.192. The molecule has 3 aliphatic rings. The largest absolute Gasteiger partial charge is 0.384 e. The average molecular weight is 531 g/mol. The van der Waals surface area contributed by atoms with Crippen LogP contribution in [-0.4, -0.2) is 21.9 Å². The molecular weight excluding hydrogens is 511 g/mol. The molecule has 3 N–H and O–H groups in total. The number of halogens is 1. The van der Waals surface area contributed by atoms with Crippen LogP contribution in [0.2, 0.25) is 0 Å². The second kappa shape index (κ2) is 8.83. The number of hydrogen-bond acceptors (Lipinski definition) is 9. The van der Waals surface area contributed by atoms with Crippen LogP contribution in [0.3, 0.4) is 0 Å². The Bertz CT molecular complexity index is 1580. The van der Waals surface area contributed by atoms with Crippen LogP contribution in [0.15, 0.2) is 75.5 Å². The third-order valence-electron chi connectivity index (χ3n) is 6.78. The summed E-state index contributed by atoms with van der Waals surface area (Å²) in [5.74, 6) is -0.766. The summed E-state index contributed by atoms with van der Waals surface area (Å²) in [5.41, 5.74) is 7.01. The smallest absolute Gasteiger partial charge is 0.245 e. The Labute approximate surface area is 219 Å². The number of nitriles is 1. The van der Waals surface area contributed by atoms with Gasteiger partial charge in [-0.25, -0.2) is 4.39 Å². The summed E-state index contributed by atoms with van der Waals surface area (Å²) in [7, 11) is 0. The topological polar surface area (TPSA) is 125 Å². The molecule has 6 rings (SSSR count).